The van der Waals surface area contributed by atoms with Gasteiger partial charge in [0, 0.05) is 0 Å². The summed E-state index contributed by atoms with van der Waals surface area (Å²) >= 11 is 0. The first-order chi connectivity index (χ1) is 5.54. The van der Waals surface area contributed by atoms with E-state index in [4.69, 9.17) is 26.2 Å². The monoisotopic (exact) mass is 215 g/mol. The SMILES string of the molecule is N[C@@H](C=O)[C@@H](O)[C@H](O)[C@H](O)CO.O.O. The van der Waals surface area contributed by atoms with Crippen molar-refractivity contribution in [1.29, 1.82) is 0 Å². The van der Waals surface area contributed by atoms with E-state index in [0.717, 1.165) is 0 Å². The molecule has 10 N–H and O–H groups in total. The molecule has 0 aliphatic rings. The molecule has 0 saturated carbocycles. The summed E-state index contributed by atoms with van der Waals surface area (Å²) in [7, 11) is 0. The molecule has 8 nitrogen and oxygen atoms in total. The fraction of sp³-hybridized carbons (Fsp3) is 0.833. The van der Waals surface area contributed by atoms with Gasteiger partial charge in [-0.25, -0.2) is 0 Å². The van der Waals surface area contributed by atoms with Crippen LogP contribution in [0.1, 0.15) is 0 Å². The lowest BCUT2D eigenvalue weighted by atomic mass is 10.0. The van der Waals surface area contributed by atoms with Gasteiger partial charge >= 0.3 is 0 Å². The van der Waals surface area contributed by atoms with Gasteiger partial charge in [0.1, 0.15) is 24.6 Å². The molecule has 0 aliphatic carbocycles. The third-order valence-corrected chi connectivity index (χ3v) is 1.48. The van der Waals surface area contributed by atoms with Crippen LogP contribution in [0.25, 0.3) is 0 Å². The smallest absolute Gasteiger partial charge is 0.139 e. The molecule has 0 rings (SSSR count). The van der Waals surface area contributed by atoms with Crippen molar-refractivity contribution in [3.8, 4) is 0 Å². The highest BCUT2D eigenvalue weighted by atomic mass is 16.4. The standard InChI is InChI=1S/C6H13NO5.2H2O/c7-3(1-8)5(11)6(12)4(10)2-9;;/h1,3-6,9-12H,2,7H2;2*1H2/t3-,4+,5+,6+;;/m0../s1. The van der Waals surface area contributed by atoms with Gasteiger partial charge in [-0.1, -0.05) is 0 Å². The van der Waals surface area contributed by atoms with Crippen molar-refractivity contribution in [3.63, 3.8) is 0 Å². The summed E-state index contributed by atoms with van der Waals surface area (Å²) in [4.78, 5) is 10.0. The second-order valence-electron chi connectivity index (χ2n) is 2.44. The molecule has 0 aliphatic heterocycles. The van der Waals surface area contributed by atoms with Gasteiger partial charge in [-0.05, 0) is 0 Å². The van der Waals surface area contributed by atoms with Crippen LogP contribution in [-0.4, -0.2) is 68.6 Å². The van der Waals surface area contributed by atoms with Gasteiger partial charge in [-0.15, -0.1) is 0 Å². The maximum absolute atomic E-state index is 10.0. The Balaban J connectivity index is -0.000000605. The van der Waals surface area contributed by atoms with Gasteiger partial charge in [0.15, 0.2) is 0 Å². The summed E-state index contributed by atoms with van der Waals surface area (Å²) in [5, 5.41) is 35.2. The van der Waals surface area contributed by atoms with E-state index in [1.54, 1.807) is 0 Å². The predicted octanol–water partition coefficient (Wildman–Crippen LogP) is -5.06. The van der Waals surface area contributed by atoms with Crippen LogP contribution in [0.2, 0.25) is 0 Å². The molecular weight excluding hydrogens is 198 g/mol. The zero-order chi connectivity index (χ0) is 9.72. The molecule has 0 amide bonds. The summed E-state index contributed by atoms with van der Waals surface area (Å²) in [6.07, 6.45) is -4.43. The zero-order valence-electron chi connectivity index (χ0n) is 7.37. The lowest BCUT2D eigenvalue weighted by Crippen LogP contribution is -2.49. The van der Waals surface area contributed by atoms with Crippen LogP contribution in [-0.2, 0) is 4.79 Å². The van der Waals surface area contributed by atoms with Gasteiger partial charge in [-0.3, -0.25) is 0 Å². The average Bonchev–Trinajstić information content (AvgIpc) is 2.12. The fourth-order valence-electron chi connectivity index (χ4n) is 0.644. The van der Waals surface area contributed by atoms with Crippen molar-refractivity contribution in [2.24, 2.45) is 5.73 Å². The minimum atomic E-state index is -1.62. The first-order valence-corrected chi connectivity index (χ1v) is 3.40. The zero-order valence-corrected chi connectivity index (χ0v) is 7.37. The number of aldehydes is 1. The van der Waals surface area contributed by atoms with Crippen molar-refractivity contribution >= 4 is 6.29 Å². The summed E-state index contributed by atoms with van der Waals surface area (Å²) in [6.45, 7) is -0.705. The van der Waals surface area contributed by atoms with Gasteiger partial charge in [0.25, 0.3) is 0 Å². The number of rotatable bonds is 5. The van der Waals surface area contributed by atoms with Gasteiger partial charge in [0.2, 0.25) is 0 Å². The van der Waals surface area contributed by atoms with E-state index >= 15 is 0 Å². The molecule has 0 spiro atoms. The molecule has 8 heteroatoms. The van der Waals surface area contributed by atoms with Crippen LogP contribution in [0.3, 0.4) is 0 Å². The van der Waals surface area contributed by atoms with E-state index < -0.39 is 31.0 Å². The topological polar surface area (TPSA) is 187 Å². The van der Waals surface area contributed by atoms with Crippen LogP contribution in [0.15, 0.2) is 0 Å². The van der Waals surface area contributed by atoms with Gasteiger partial charge in [0.05, 0.1) is 12.6 Å². The molecule has 14 heavy (non-hydrogen) atoms. The fourth-order valence-corrected chi connectivity index (χ4v) is 0.644. The molecule has 0 bridgehead atoms. The van der Waals surface area contributed by atoms with Crippen LogP contribution in [0, 0.1) is 0 Å². The van der Waals surface area contributed by atoms with Crippen molar-refractivity contribution in [1.82, 2.24) is 0 Å². The molecule has 88 valence electrons. The molecule has 0 saturated heterocycles. The van der Waals surface area contributed by atoms with Gasteiger partial charge < -0.3 is 41.9 Å². The van der Waals surface area contributed by atoms with Crippen molar-refractivity contribution in [2.75, 3.05) is 6.61 Å². The minimum absolute atomic E-state index is 0. The Kier molecular flexibility index (Phi) is 12.2. The van der Waals surface area contributed by atoms with E-state index in [-0.39, 0.29) is 17.2 Å². The third-order valence-electron chi connectivity index (χ3n) is 1.48. The molecule has 0 fully saturated rings. The highest BCUT2D eigenvalue weighted by Crippen LogP contribution is 2.01. The molecule has 0 aromatic rings. The Hall–Kier alpha value is -0.610. The summed E-state index contributed by atoms with van der Waals surface area (Å²) in [5.74, 6) is 0. The normalized spacial score (nSPS) is 18.1. The van der Waals surface area contributed by atoms with E-state index in [1.807, 2.05) is 0 Å². The van der Waals surface area contributed by atoms with Crippen molar-refractivity contribution in [3.05, 3.63) is 0 Å². The number of hydrogen-bond acceptors (Lipinski definition) is 6. The number of hydrogen-bond donors (Lipinski definition) is 5. The minimum Gasteiger partial charge on any atom is -0.412 e. The van der Waals surface area contributed by atoms with E-state index in [9.17, 15) is 4.79 Å². The second kappa shape index (κ2) is 8.97. The van der Waals surface area contributed by atoms with Crippen molar-refractivity contribution in [2.45, 2.75) is 24.4 Å². The maximum Gasteiger partial charge on any atom is 0.139 e. The van der Waals surface area contributed by atoms with Crippen LogP contribution < -0.4 is 5.73 Å². The molecule has 0 aromatic heterocycles. The average molecular weight is 215 g/mol. The number of aliphatic hydroxyl groups excluding tert-OH is 4. The van der Waals surface area contributed by atoms with E-state index in [1.165, 1.54) is 0 Å². The second-order valence-corrected chi connectivity index (χ2v) is 2.44. The van der Waals surface area contributed by atoms with Crippen LogP contribution in [0.5, 0.6) is 0 Å². The Morgan fingerprint density at radius 1 is 1.14 bits per heavy atom. The predicted molar refractivity (Wildman–Crippen MR) is 46.4 cm³/mol. The number of nitrogens with two attached hydrogens (primary N) is 1. The largest absolute Gasteiger partial charge is 0.412 e. The first kappa shape index (κ1) is 19.0. The summed E-state index contributed by atoms with van der Waals surface area (Å²) in [6, 6.07) is -1.26. The van der Waals surface area contributed by atoms with Crippen molar-refractivity contribution < 1.29 is 36.2 Å². The number of aliphatic hydroxyl groups is 4. The molecule has 0 unspecified atom stereocenters. The van der Waals surface area contributed by atoms with E-state index in [2.05, 4.69) is 0 Å². The quantitative estimate of drug-likeness (QED) is 0.285. The Morgan fingerprint density at radius 3 is 1.86 bits per heavy atom. The Morgan fingerprint density at radius 2 is 1.57 bits per heavy atom. The summed E-state index contributed by atoms with van der Waals surface area (Å²) in [5.41, 5.74) is 5.04. The van der Waals surface area contributed by atoms with Crippen LogP contribution >= 0.6 is 0 Å². The van der Waals surface area contributed by atoms with Crippen LogP contribution in [0.4, 0.5) is 0 Å². The van der Waals surface area contributed by atoms with E-state index in [0.29, 0.717) is 0 Å². The highest BCUT2D eigenvalue weighted by molar-refractivity contribution is 5.58. The van der Waals surface area contributed by atoms with Gasteiger partial charge in [-0.2, -0.15) is 0 Å². The molecule has 0 radical (unpaired) electrons. The summed E-state index contributed by atoms with van der Waals surface area (Å²) < 4.78 is 0. The Bertz CT molecular complexity index is 144. The lowest BCUT2D eigenvalue weighted by molar-refractivity contribution is -0.118. The number of carbonyl (C=O) groups is 1. The highest BCUT2D eigenvalue weighted by Gasteiger charge is 2.28. The molecular formula is C6H17NO7. The maximum atomic E-state index is 10.0. The lowest BCUT2D eigenvalue weighted by Gasteiger charge is -2.23. The third kappa shape index (κ3) is 5.19. The molecule has 0 heterocycles. The Labute approximate surface area is 80.2 Å². The number of carbonyl (C=O) groups excluding carboxylic acids is 1. The molecule has 0 aromatic carbocycles. The first-order valence-electron chi connectivity index (χ1n) is 3.40. The molecule has 4 atom stereocenters.